The summed E-state index contributed by atoms with van der Waals surface area (Å²) in [6.07, 6.45) is 1.76. The van der Waals surface area contributed by atoms with Crippen molar-refractivity contribution in [3.8, 4) is 5.75 Å². The van der Waals surface area contributed by atoms with Crippen molar-refractivity contribution in [1.82, 2.24) is 4.98 Å². The molecule has 0 aliphatic rings. The number of ether oxygens (including phenoxy) is 1. The monoisotopic (exact) mass is 405 g/mol. The Hall–Kier alpha value is -3.87. The second-order valence-electron chi connectivity index (χ2n) is 6.49. The molecule has 30 heavy (non-hydrogen) atoms. The predicted octanol–water partition coefficient (Wildman–Crippen LogP) is 3.60. The number of hydrogen-bond acceptors (Lipinski definition) is 6. The van der Waals surface area contributed by atoms with E-state index in [4.69, 9.17) is 9.57 Å². The second kappa shape index (κ2) is 10.6. The van der Waals surface area contributed by atoms with Gasteiger partial charge in [-0.1, -0.05) is 53.7 Å². The van der Waals surface area contributed by atoms with E-state index < -0.39 is 5.97 Å². The largest absolute Gasteiger partial charge is 0.492 e. The van der Waals surface area contributed by atoms with Gasteiger partial charge in [0.2, 0.25) is 0 Å². The number of rotatable bonds is 10. The summed E-state index contributed by atoms with van der Waals surface area (Å²) in [5.74, 6) is 0.498. The van der Waals surface area contributed by atoms with Crippen molar-refractivity contribution in [2.45, 2.75) is 6.61 Å². The first-order chi connectivity index (χ1) is 14.6. The number of aromatic nitrogens is 1. The number of nitrogens with zero attached hydrogens (tertiary/aromatic N) is 3. The molecule has 154 valence electrons. The quantitative estimate of drug-likeness (QED) is 0.410. The predicted molar refractivity (Wildman–Crippen MR) is 115 cm³/mol. The fourth-order valence-electron chi connectivity index (χ4n) is 2.66. The van der Waals surface area contributed by atoms with Gasteiger partial charge in [-0.05, 0) is 29.8 Å². The summed E-state index contributed by atoms with van der Waals surface area (Å²) in [7, 11) is 1.97. The highest BCUT2D eigenvalue weighted by atomic mass is 16.6. The van der Waals surface area contributed by atoms with E-state index in [0.717, 1.165) is 17.1 Å². The number of hydrogen-bond donors (Lipinski definition) is 1. The zero-order valence-electron chi connectivity index (χ0n) is 16.6. The van der Waals surface area contributed by atoms with E-state index in [-0.39, 0.29) is 12.3 Å². The number of pyridine rings is 1. The van der Waals surface area contributed by atoms with E-state index in [0.29, 0.717) is 18.7 Å². The van der Waals surface area contributed by atoms with Gasteiger partial charge < -0.3 is 19.6 Å². The lowest BCUT2D eigenvalue weighted by molar-refractivity contribution is -0.129. The zero-order valence-corrected chi connectivity index (χ0v) is 16.6. The topological polar surface area (TPSA) is 84.2 Å². The maximum absolute atomic E-state index is 11.4. The van der Waals surface area contributed by atoms with Crippen molar-refractivity contribution in [1.29, 1.82) is 0 Å². The highest BCUT2D eigenvalue weighted by Crippen LogP contribution is 2.14. The van der Waals surface area contributed by atoms with Crippen LogP contribution in [0, 0.1) is 0 Å². The Morgan fingerprint density at radius 3 is 2.43 bits per heavy atom. The summed E-state index contributed by atoms with van der Waals surface area (Å²) in [4.78, 5) is 23.0. The van der Waals surface area contributed by atoms with Crippen LogP contribution in [0.5, 0.6) is 5.75 Å². The molecule has 7 nitrogen and oxygen atoms in total. The number of benzene rings is 2. The average Bonchev–Trinajstić information content (AvgIpc) is 2.78. The Morgan fingerprint density at radius 2 is 1.77 bits per heavy atom. The van der Waals surface area contributed by atoms with E-state index in [2.05, 4.69) is 10.1 Å². The molecule has 1 aromatic heterocycles. The molecule has 0 saturated heterocycles. The van der Waals surface area contributed by atoms with Gasteiger partial charge in [0, 0.05) is 18.8 Å². The van der Waals surface area contributed by atoms with Crippen LogP contribution < -0.4 is 9.64 Å². The molecule has 0 spiro atoms. The molecule has 1 heterocycles. The van der Waals surface area contributed by atoms with Crippen molar-refractivity contribution >= 4 is 17.5 Å². The first-order valence-corrected chi connectivity index (χ1v) is 9.46. The Labute approximate surface area is 175 Å². The Kier molecular flexibility index (Phi) is 7.38. The Bertz CT molecular complexity index is 961. The lowest BCUT2D eigenvalue weighted by Gasteiger charge is -2.18. The third-order valence-corrected chi connectivity index (χ3v) is 4.30. The molecule has 0 bridgehead atoms. The number of likely N-dealkylation sites (N-methyl/N-ethyl adjacent to an activating group) is 1. The van der Waals surface area contributed by atoms with Gasteiger partial charge in [-0.15, -0.1) is 0 Å². The summed E-state index contributed by atoms with van der Waals surface area (Å²) in [5.41, 5.74) is 1.21. The zero-order chi connectivity index (χ0) is 21.2. The molecule has 2 aromatic carbocycles. The molecule has 7 heteroatoms. The van der Waals surface area contributed by atoms with Crippen molar-refractivity contribution in [2.24, 2.45) is 5.16 Å². The minimum atomic E-state index is -1.14. The van der Waals surface area contributed by atoms with Crippen LogP contribution >= 0.6 is 0 Å². The summed E-state index contributed by atoms with van der Waals surface area (Å²) in [6, 6.07) is 21.8. The number of anilines is 1. The van der Waals surface area contributed by atoms with Gasteiger partial charge in [0.1, 0.15) is 24.8 Å². The van der Waals surface area contributed by atoms with Crippen LogP contribution in [-0.2, 0) is 16.2 Å². The standard InChI is InChI=1S/C23H23N3O4/c1-26(21-9-5-6-14-24-21)15-16-29-20-12-10-18(11-13-20)17-30-25-22(23(27)28)19-7-3-2-4-8-19/h2-14H,15-17H2,1H3,(H,27,28)/b25-22+. The van der Waals surface area contributed by atoms with Crippen LogP contribution in [0.3, 0.4) is 0 Å². The number of carboxylic acids is 1. The lowest BCUT2D eigenvalue weighted by Crippen LogP contribution is -2.24. The maximum atomic E-state index is 11.4. The molecule has 0 amide bonds. The normalized spacial score (nSPS) is 11.0. The first-order valence-electron chi connectivity index (χ1n) is 9.46. The molecule has 3 aromatic rings. The Balaban J connectivity index is 1.48. The summed E-state index contributed by atoms with van der Waals surface area (Å²) < 4.78 is 5.77. The minimum absolute atomic E-state index is 0.132. The van der Waals surface area contributed by atoms with Crippen LogP contribution in [0.4, 0.5) is 5.82 Å². The average molecular weight is 405 g/mol. The lowest BCUT2D eigenvalue weighted by atomic mass is 10.1. The van der Waals surface area contributed by atoms with Gasteiger partial charge in [-0.3, -0.25) is 0 Å². The van der Waals surface area contributed by atoms with E-state index in [9.17, 15) is 9.90 Å². The third-order valence-electron chi connectivity index (χ3n) is 4.30. The van der Waals surface area contributed by atoms with Gasteiger partial charge in [0.25, 0.3) is 0 Å². The van der Waals surface area contributed by atoms with Crippen molar-refractivity contribution in [3.05, 3.63) is 90.1 Å². The SMILES string of the molecule is CN(CCOc1ccc(CO/N=C(/C(=O)O)c2ccccc2)cc1)c1ccccn1. The highest BCUT2D eigenvalue weighted by Gasteiger charge is 2.13. The fraction of sp³-hybridized carbons (Fsp3) is 0.174. The van der Waals surface area contributed by atoms with E-state index in [1.807, 2.05) is 60.5 Å². The fourth-order valence-corrected chi connectivity index (χ4v) is 2.66. The number of oxime groups is 1. The van der Waals surface area contributed by atoms with E-state index >= 15 is 0 Å². The smallest absolute Gasteiger partial charge is 0.358 e. The van der Waals surface area contributed by atoms with Gasteiger partial charge >= 0.3 is 5.97 Å². The van der Waals surface area contributed by atoms with E-state index in [1.165, 1.54) is 0 Å². The molecule has 0 saturated carbocycles. The summed E-state index contributed by atoms with van der Waals surface area (Å²) in [6.45, 7) is 1.38. The first kappa shape index (κ1) is 20.9. The van der Waals surface area contributed by atoms with Crippen molar-refractivity contribution in [2.75, 3.05) is 25.1 Å². The van der Waals surface area contributed by atoms with Crippen LogP contribution in [-0.4, -0.2) is 42.0 Å². The molecule has 0 fully saturated rings. The van der Waals surface area contributed by atoms with Crippen LogP contribution in [0.25, 0.3) is 0 Å². The van der Waals surface area contributed by atoms with Crippen LogP contribution in [0.15, 0.2) is 84.1 Å². The third kappa shape index (κ3) is 6.07. The number of aliphatic carboxylic acids is 1. The molecule has 0 aliphatic heterocycles. The van der Waals surface area contributed by atoms with Gasteiger partial charge in [-0.2, -0.15) is 0 Å². The molecule has 1 N–H and O–H groups in total. The Morgan fingerprint density at radius 1 is 1.03 bits per heavy atom. The van der Waals surface area contributed by atoms with Crippen LogP contribution in [0.2, 0.25) is 0 Å². The van der Waals surface area contributed by atoms with E-state index in [1.54, 1.807) is 30.5 Å². The molecule has 0 atom stereocenters. The number of carbonyl (C=O) groups is 1. The summed E-state index contributed by atoms with van der Waals surface area (Å²) in [5, 5.41) is 13.1. The molecule has 0 unspecified atom stereocenters. The maximum Gasteiger partial charge on any atom is 0.358 e. The summed E-state index contributed by atoms with van der Waals surface area (Å²) >= 11 is 0. The van der Waals surface area contributed by atoms with Gasteiger partial charge in [0.15, 0.2) is 5.71 Å². The highest BCUT2D eigenvalue weighted by molar-refractivity contribution is 6.42. The molecule has 3 rings (SSSR count). The van der Waals surface area contributed by atoms with Crippen molar-refractivity contribution < 1.29 is 19.5 Å². The molecular weight excluding hydrogens is 382 g/mol. The van der Waals surface area contributed by atoms with Gasteiger partial charge in [-0.25, -0.2) is 9.78 Å². The second-order valence-corrected chi connectivity index (χ2v) is 6.49. The van der Waals surface area contributed by atoms with Crippen molar-refractivity contribution in [3.63, 3.8) is 0 Å². The minimum Gasteiger partial charge on any atom is -0.492 e. The molecule has 0 radical (unpaired) electrons. The molecular formula is C23H23N3O4. The van der Waals surface area contributed by atoms with Crippen LogP contribution in [0.1, 0.15) is 11.1 Å². The number of carboxylic acid groups (broad SMARTS) is 1. The molecule has 0 aliphatic carbocycles. The van der Waals surface area contributed by atoms with Gasteiger partial charge in [0.05, 0.1) is 6.54 Å².